The molecule has 0 aliphatic carbocycles. The lowest BCUT2D eigenvalue weighted by Gasteiger charge is -2.17. The van der Waals surface area contributed by atoms with Gasteiger partial charge in [-0.2, -0.15) is 0 Å². The zero-order valence-electron chi connectivity index (χ0n) is 19.0. The first-order chi connectivity index (χ1) is 16.6. The van der Waals surface area contributed by atoms with Gasteiger partial charge in [0.2, 0.25) is 0 Å². The Hall–Kier alpha value is -3.87. The van der Waals surface area contributed by atoms with Crippen molar-refractivity contribution in [3.63, 3.8) is 0 Å². The predicted octanol–water partition coefficient (Wildman–Crippen LogP) is 3.88. The van der Waals surface area contributed by atoms with Gasteiger partial charge in [0.1, 0.15) is 17.6 Å². The van der Waals surface area contributed by atoms with Crippen LogP contribution in [0.5, 0.6) is 5.75 Å². The Morgan fingerprint density at radius 1 is 1.06 bits per heavy atom. The van der Waals surface area contributed by atoms with Crippen LogP contribution in [0.4, 0.5) is 5.82 Å². The van der Waals surface area contributed by atoms with E-state index in [-0.39, 0.29) is 6.42 Å². The zero-order valence-corrected chi connectivity index (χ0v) is 19.0. The summed E-state index contributed by atoms with van der Waals surface area (Å²) in [4.78, 5) is 28.7. The first-order valence-corrected chi connectivity index (χ1v) is 11.6. The summed E-state index contributed by atoms with van der Waals surface area (Å²) in [6, 6.07) is 19.1. The highest BCUT2D eigenvalue weighted by Gasteiger charge is 2.21. The monoisotopic (exact) mass is 459 g/mol. The van der Waals surface area contributed by atoms with E-state index >= 15 is 0 Å². The molecule has 1 aliphatic heterocycles. The van der Waals surface area contributed by atoms with Gasteiger partial charge >= 0.3 is 5.97 Å². The number of nitrogens with one attached hydrogen (secondary N) is 2. The molecule has 0 radical (unpaired) electrons. The van der Waals surface area contributed by atoms with Gasteiger partial charge in [-0.05, 0) is 67.1 Å². The van der Waals surface area contributed by atoms with Gasteiger partial charge in [-0.25, -0.2) is 9.78 Å². The van der Waals surface area contributed by atoms with Crippen molar-refractivity contribution in [1.82, 2.24) is 10.3 Å². The molecule has 2 aromatic carbocycles. The molecule has 34 heavy (non-hydrogen) atoms. The van der Waals surface area contributed by atoms with E-state index in [0.717, 1.165) is 55.1 Å². The number of amides is 1. The molecule has 0 bridgehead atoms. The number of aromatic nitrogens is 1. The summed E-state index contributed by atoms with van der Waals surface area (Å²) >= 11 is 0. The number of carboxylic acids is 1. The fourth-order valence-electron chi connectivity index (χ4n) is 3.94. The fourth-order valence-corrected chi connectivity index (χ4v) is 3.94. The second-order valence-electron chi connectivity index (χ2n) is 8.37. The van der Waals surface area contributed by atoms with E-state index in [0.29, 0.717) is 12.2 Å². The molecule has 0 spiro atoms. The molecule has 7 nitrogen and oxygen atoms in total. The van der Waals surface area contributed by atoms with E-state index < -0.39 is 17.9 Å². The van der Waals surface area contributed by atoms with Crippen molar-refractivity contribution in [3.8, 4) is 5.75 Å². The molecule has 3 N–H and O–H groups in total. The number of anilines is 1. The maximum Gasteiger partial charge on any atom is 0.326 e. The first-order valence-electron chi connectivity index (χ1n) is 11.6. The number of carbonyl (C=O) groups is 2. The minimum Gasteiger partial charge on any atom is -0.494 e. The second-order valence-corrected chi connectivity index (χ2v) is 8.37. The van der Waals surface area contributed by atoms with Gasteiger partial charge in [-0.15, -0.1) is 0 Å². The van der Waals surface area contributed by atoms with Crippen LogP contribution in [0, 0.1) is 0 Å². The summed E-state index contributed by atoms with van der Waals surface area (Å²) < 4.78 is 5.84. The Kier molecular flexibility index (Phi) is 7.75. The van der Waals surface area contributed by atoms with Crippen LogP contribution < -0.4 is 15.4 Å². The molecule has 4 rings (SSSR count). The Balaban J connectivity index is 1.24. The molecule has 1 aliphatic rings. The van der Waals surface area contributed by atoms with E-state index in [1.165, 1.54) is 5.56 Å². The third kappa shape index (κ3) is 6.34. The highest BCUT2D eigenvalue weighted by molar-refractivity contribution is 5.96. The first kappa shape index (κ1) is 23.3. The normalized spacial score (nSPS) is 13.3. The van der Waals surface area contributed by atoms with Crippen LogP contribution in [0.2, 0.25) is 0 Å². The molecule has 1 aromatic heterocycles. The number of nitrogens with zero attached hydrogens (tertiary/aromatic N) is 1. The number of hydrogen-bond donors (Lipinski definition) is 3. The summed E-state index contributed by atoms with van der Waals surface area (Å²) in [6.45, 7) is 1.55. The number of benzene rings is 2. The van der Waals surface area contributed by atoms with Crippen molar-refractivity contribution >= 4 is 17.7 Å². The number of ether oxygens (including phenoxy) is 1. The number of hydrogen-bond acceptors (Lipinski definition) is 5. The number of fused-ring (bicyclic) bond motifs is 1. The van der Waals surface area contributed by atoms with Gasteiger partial charge in [0.15, 0.2) is 0 Å². The molecule has 0 fully saturated rings. The van der Waals surface area contributed by atoms with E-state index in [9.17, 15) is 14.7 Å². The molecular formula is C27H29N3O4. The number of rotatable bonds is 10. The van der Waals surface area contributed by atoms with Gasteiger partial charge in [-0.1, -0.05) is 36.4 Å². The van der Waals surface area contributed by atoms with Crippen molar-refractivity contribution in [2.45, 2.75) is 38.1 Å². The maximum absolute atomic E-state index is 12.3. The van der Waals surface area contributed by atoms with Gasteiger partial charge < -0.3 is 20.5 Å². The standard InChI is InChI=1S/C27H29N3O4/c31-26(21-6-2-1-3-7-21)30-24(27(32)33)18-19-10-14-23(15-11-19)34-17-5-9-22-13-12-20-8-4-16-28-25(20)29-22/h1-3,6-7,10-15,24H,4-5,8-9,16-18H2,(H,28,29)(H,30,31)(H,32,33)/t24-/m1/s1. The average molecular weight is 460 g/mol. The Bertz CT molecular complexity index is 1120. The largest absolute Gasteiger partial charge is 0.494 e. The second kappa shape index (κ2) is 11.3. The van der Waals surface area contributed by atoms with Crippen LogP contribution >= 0.6 is 0 Å². The summed E-state index contributed by atoms with van der Waals surface area (Å²) in [5.74, 6) is 0.261. The molecule has 2 heterocycles. The van der Waals surface area contributed by atoms with E-state index in [1.807, 2.05) is 24.3 Å². The van der Waals surface area contributed by atoms with Gasteiger partial charge in [-0.3, -0.25) is 4.79 Å². The summed E-state index contributed by atoms with van der Waals surface area (Å²) in [5, 5.41) is 15.5. The highest BCUT2D eigenvalue weighted by Crippen LogP contribution is 2.20. The van der Waals surface area contributed by atoms with Crippen LogP contribution in [0.1, 0.15) is 40.0 Å². The minimum atomic E-state index is -1.07. The third-order valence-electron chi connectivity index (χ3n) is 5.80. The molecule has 7 heteroatoms. The molecule has 3 aromatic rings. The highest BCUT2D eigenvalue weighted by atomic mass is 16.5. The lowest BCUT2D eigenvalue weighted by Crippen LogP contribution is -2.42. The molecule has 1 atom stereocenters. The van der Waals surface area contributed by atoms with Crippen LogP contribution in [0.25, 0.3) is 0 Å². The molecule has 0 unspecified atom stereocenters. The minimum absolute atomic E-state index is 0.187. The quantitative estimate of drug-likeness (QED) is 0.398. The third-order valence-corrected chi connectivity index (χ3v) is 5.80. The Morgan fingerprint density at radius 2 is 1.85 bits per heavy atom. The SMILES string of the molecule is O=C(N[C@H](Cc1ccc(OCCCc2ccc3c(n2)NCCC3)cc1)C(=O)O)c1ccccc1. The predicted molar refractivity (Wildman–Crippen MR) is 130 cm³/mol. The summed E-state index contributed by atoms with van der Waals surface area (Å²) in [5.41, 5.74) is 3.58. The van der Waals surface area contributed by atoms with Crippen molar-refractivity contribution in [1.29, 1.82) is 0 Å². The van der Waals surface area contributed by atoms with Crippen LogP contribution in [0.3, 0.4) is 0 Å². The summed E-state index contributed by atoms with van der Waals surface area (Å²) in [7, 11) is 0. The van der Waals surface area contributed by atoms with E-state index in [4.69, 9.17) is 9.72 Å². The zero-order chi connectivity index (χ0) is 23.8. The van der Waals surface area contributed by atoms with Crippen LogP contribution in [-0.2, 0) is 24.1 Å². The lowest BCUT2D eigenvalue weighted by molar-refractivity contribution is -0.139. The van der Waals surface area contributed by atoms with Crippen molar-refractivity contribution in [2.24, 2.45) is 0 Å². The van der Waals surface area contributed by atoms with Gasteiger partial charge in [0.05, 0.1) is 6.61 Å². The number of aryl methyl sites for hydroxylation is 2. The fraction of sp³-hybridized carbons (Fsp3) is 0.296. The number of aliphatic carboxylic acids is 1. The summed E-state index contributed by atoms with van der Waals surface area (Å²) in [6.07, 6.45) is 4.11. The molecule has 176 valence electrons. The maximum atomic E-state index is 12.3. The molecule has 0 saturated heterocycles. The lowest BCUT2D eigenvalue weighted by atomic mass is 10.1. The van der Waals surface area contributed by atoms with Crippen molar-refractivity contribution < 1.29 is 19.4 Å². The topological polar surface area (TPSA) is 101 Å². The number of carbonyl (C=O) groups excluding carboxylic acids is 1. The Labute approximate surface area is 199 Å². The molecule has 1 amide bonds. The van der Waals surface area contributed by atoms with Gasteiger partial charge in [0, 0.05) is 24.2 Å². The van der Waals surface area contributed by atoms with Crippen LogP contribution in [0.15, 0.2) is 66.7 Å². The molecular weight excluding hydrogens is 430 g/mol. The van der Waals surface area contributed by atoms with E-state index in [1.54, 1.807) is 30.3 Å². The van der Waals surface area contributed by atoms with Crippen molar-refractivity contribution in [2.75, 3.05) is 18.5 Å². The smallest absolute Gasteiger partial charge is 0.326 e. The average Bonchev–Trinajstić information content (AvgIpc) is 2.87. The number of carboxylic acid groups (broad SMARTS) is 1. The molecule has 0 saturated carbocycles. The van der Waals surface area contributed by atoms with Crippen molar-refractivity contribution in [3.05, 3.63) is 89.1 Å². The number of pyridine rings is 1. The van der Waals surface area contributed by atoms with Gasteiger partial charge in [0.25, 0.3) is 5.91 Å². The van der Waals surface area contributed by atoms with E-state index in [2.05, 4.69) is 22.8 Å². The van der Waals surface area contributed by atoms with Crippen LogP contribution in [-0.4, -0.2) is 41.2 Å². The Morgan fingerprint density at radius 3 is 2.62 bits per heavy atom.